The largest absolute Gasteiger partial charge is 0.496 e. The van der Waals surface area contributed by atoms with Crippen molar-refractivity contribution in [2.75, 3.05) is 17.7 Å². The van der Waals surface area contributed by atoms with E-state index in [1.165, 1.54) is 7.11 Å². The molecule has 0 radical (unpaired) electrons. The number of amides is 1. The predicted molar refractivity (Wildman–Crippen MR) is 103 cm³/mol. The third-order valence-corrected chi connectivity index (χ3v) is 3.83. The highest BCUT2D eigenvalue weighted by atomic mass is 35.5. The van der Waals surface area contributed by atoms with Crippen molar-refractivity contribution >= 4 is 46.4 Å². The van der Waals surface area contributed by atoms with Gasteiger partial charge >= 0.3 is 0 Å². The first-order chi connectivity index (χ1) is 12.5. The normalized spacial score (nSPS) is 10.3. The van der Waals surface area contributed by atoms with Crippen molar-refractivity contribution < 1.29 is 9.53 Å². The number of para-hydroxylation sites is 1. The number of carbonyl (C=O) groups is 1. The van der Waals surface area contributed by atoms with Gasteiger partial charge in [0.25, 0.3) is 5.91 Å². The lowest BCUT2D eigenvalue weighted by atomic mass is 10.2. The lowest BCUT2D eigenvalue weighted by Crippen LogP contribution is -2.14. The van der Waals surface area contributed by atoms with Gasteiger partial charge in [0.1, 0.15) is 5.75 Å². The zero-order chi connectivity index (χ0) is 18.5. The number of anilines is 3. The van der Waals surface area contributed by atoms with Crippen LogP contribution in [-0.2, 0) is 0 Å². The van der Waals surface area contributed by atoms with E-state index in [-0.39, 0.29) is 5.91 Å². The molecule has 0 bridgehead atoms. The molecule has 0 fully saturated rings. The maximum absolute atomic E-state index is 12.3. The van der Waals surface area contributed by atoms with Crippen LogP contribution in [0.4, 0.5) is 17.3 Å². The summed E-state index contributed by atoms with van der Waals surface area (Å²) in [5.41, 5.74) is 1.09. The number of nitrogens with zero attached hydrogens (tertiary/aromatic N) is 2. The number of rotatable bonds is 5. The van der Waals surface area contributed by atoms with Crippen LogP contribution < -0.4 is 15.4 Å². The maximum Gasteiger partial charge on any atom is 0.260 e. The van der Waals surface area contributed by atoms with Crippen molar-refractivity contribution in [3.8, 4) is 5.75 Å². The van der Waals surface area contributed by atoms with E-state index in [9.17, 15) is 4.79 Å². The van der Waals surface area contributed by atoms with Gasteiger partial charge in [0.15, 0.2) is 11.6 Å². The second kappa shape index (κ2) is 8.03. The van der Waals surface area contributed by atoms with Crippen molar-refractivity contribution in [3.63, 3.8) is 0 Å². The van der Waals surface area contributed by atoms with Gasteiger partial charge in [-0.1, -0.05) is 35.3 Å². The maximum atomic E-state index is 12.3. The summed E-state index contributed by atoms with van der Waals surface area (Å²) in [7, 11) is 1.51. The van der Waals surface area contributed by atoms with Gasteiger partial charge in [-0.2, -0.15) is 0 Å². The Morgan fingerprint density at radius 2 is 1.62 bits per heavy atom. The summed E-state index contributed by atoms with van der Waals surface area (Å²) in [6.07, 6.45) is 0. The fraction of sp³-hybridized carbons (Fsp3) is 0.0556. The van der Waals surface area contributed by atoms with E-state index in [0.717, 1.165) is 0 Å². The van der Waals surface area contributed by atoms with E-state index in [1.54, 1.807) is 54.6 Å². The number of carbonyl (C=O) groups excluding carboxylic acids is 1. The van der Waals surface area contributed by atoms with Gasteiger partial charge in [0.2, 0.25) is 0 Å². The van der Waals surface area contributed by atoms with Gasteiger partial charge in [-0.05, 0) is 42.5 Å². The fourth-order valence-electron chi connectivity index (χ4n) is 2.26. The predicted octanol–water partition coefficient (Wildman–Crippen LogP) is 4.79. The molecule has 0 spiro atoms. The van der Waals surface area contributed by atoms with Crippen LogP contribution >= 0.6 is 23.2 Å². The summed E-state index contributed by atoms with van der Waals surface area (Å²) in [6, 6.07) is 15.3. The highest BCUT2D eigenvalue weighted by molar-refractivity contribution is 6.35. The molecular weight excluding hydrogens is 375 g/mol. The number of aromatic nitrogens is 2. The molecule has 1 aromatic heterocycles. The molecule has 0 aliphatic rings. The molecule has 26 heavy (non-hydrogen) atoms. The van der Waals surface area contributed by atoms with Crippen LogP contribution in [0.2, 0.25) is 10.0 Å². The van der Waals surface area contributed by atoms with Crippen molar-refractivity contribution in [2.45, 2.75) is 0 Å². The van der Waals surface area contributed by atoms with Gasteiger partial charge in [0, 0.05) is 15.7 Å². The van der Waals surface area contributed by atoms with E-state index in [2.05, 4.69) is 20.8 Å². The van der Waals surface area contributed by atoms with E-state index in [1.807, 2.05) is 0 Å². The van der Waals surface area contributed by atoms with Crippen LogP contribution in [0.15, 0.2) is 54.6 Å². The Labute approximate surface area is 160 Å². The molecule has 0 saturated heterocycles. The van der Waals surface area contributed by atoms with E-state index in [0.29, 0.717) is 38.7 Å². The Hall–Kier alpha value is -2.83. The van der Waals surface area contributed by atoms with Crippen LogP contribution in [0.3, 0.4) is 0 Å². The van der Waals surface area contributed by atoms with Crippen LogP contribution in [-0.4, -0.2) is 23.2 Å². The Bertz CT molecular complexity index is 912. The number of nitrogens with one attached hydrogen (secondary N) is 2. The molecule has 0 aliphatic heterocycles. The molecule has 132 valence electrons. The summed E-state index contributed by atoms with van der Waals surface area (Å²) >= 11 is 11.9. The minimum absolute atomic E-state index is 0.315. The molecule has 3 aromatic rings. The van der Waals surface area contributed by atoms with Gasteiger partial charge in [0.05, 0.1) is 12.7 Å². The summed E-state index contributed by atoms with van der Waals surface area (Å²) in [6.45, 7) is 0. The molecule has 0 atom stereocenters. The van der Waals surface area contributed by atoms with Crippen LogP contribution in [0, 0.1) is 0 Å². The molecule has 3 rings (SSSR count). The monoisotopic (exact) mass is 388 g/mol. The minimum Gasteiger partial charge on any atom is -0.496 e. The number of benzene rings is 2. The Kier molecular flexibility index (Phi) is 5.55. The first kappa shape index (κ1) is 18.0. The second-order valence-corrected chi connectivity index (χ2v) is 6.11. The molecule has 6 nitrogen and oxygen atoms in total. The Morgan fingerprint density at radius 3 is 2.27 bits per heavy atom. The lowest BCUT2D eigenvalue weighted by molar-refractivity contribution is 0.102. The van der Waals surface area contributed by atoms with Crippen molar-refractivity contribution in [1.29, 1.82) is 0 Å². The first-order valence-corrected chi connectivity index (χ1v) is 8.32. The van der Waals surface area contributed by atoms with Crippen molar-refractivity contribution in [3.05, 3.63) is 70.2 Å². The molecule has 8 heteroatoms. The standard InChI is InChI=1S/C18H14Cl2N4O2/c1-26-15-5-3-2-4-14(15)18(25)22-17-7-6-16(23-24-17)21-13-9-11(19)8-12(20)10-13/h2-10H,1H3,(H,21,23)(H,22,24,25). The smallest absolute Gasteiger partial charge is 0.260 e. The highest BCUT2D eigenvalue weighted by Crippen LogP contribution is 2.25. The summed E-state index contributed by atoms with van der Waals surface area (Å²) in [5.74, 6) is 0.947. The summed E-state index contributed by atoms with van der Waals surface area (Å²) in [5, 5.41) is 14.8. The molecule has 1 heterocycles. The zero-order valence-electron chi connectivity index (χ0n) is 13.7. The molecule has 0 saturated carbocycles. The number of ether oxygens (including phenoxy) is 1. The van der Waals surface area contributed by atoms with Crippen molar-refractivity contribution in [2.24, 2.45) is 0 Å². The number of hydrogen-bond donors (Lipinski definition) is 2. The zero-order valence-corrected chi connectivity index (χ0v) is 15.2. The molecule has 0 unspecified atom stereocenters. The van der Waals surface area contributed by atoms with Crippen LogP contribution in [0.1, 0.15) is 10.4 Å². The van der Waals surface area contributed by atoms with E-state index < -0.39 is 0 Å². The van der Waals surface area contributed by atoms with Crippen molar-refractivity contribution in [1.82, 2.24) is 10.2 Å². The third kappa shape index (κ3) is 4.41. The molecule has 2 N–H and O–H groups in total. The third-order valence-electron chi connectivity index (χ3n) is 3.39. The fourth-order valence-corrected chi connectivity index (χ4v) is 2.78. The summed E-state index contributed by atoms with van der Waals surface area (Å²) in [4.78, 5) is 12.3. The van der Waals surface area contributed by atoms with E-state index >= 15 is 0 Å². The summed E-state index contributed by atoms with van der Waals surface area (Å²) < 4.78 is 5.18. The van der Waals surface area contributed by atoms with Gasteiger partial charge < -0.3 is 15.4 Å². The van der Waals surface area contributed by atoms with E-state index in [4.69, 9.17) is 27.9 Å². The number of halogens is 2. The lowest BCUT2D eigenvalue weighted by Gasteiger charge is -2.09. The van der Waals surface area contributed by atoms with Gasteiger partial charge in [-0.3, -0.25) is 4.79 Å². The topological polar surface area (TPSA) is 76.1 Å². The number of hydrogen-bond acceptors (Lipinski definition) is 5. The average molecular weight is 389 g/mol. The molecule has 2 aromatic carbocycles. The quantitative estimate of drug-likeness (QED) is 0.656. The highest BCUT2D eigenvalue weighted by Gasteiger charge is 2.12. The van der Waals surface area contributed by atoms with Gasteiger partial charge in [-0.25, -0.2) is 0 Å². The van der Waals surface area contributed by atoms with Crippen LogP contribution in [0.5, 0.6) is 5.75 Å². The van der Waals surface area contributed by atoms with Gasteiger partial charge in [-0.15, -0.1) is 10.2 Å². The Balaban J connectivity index is 1.70. The molecular formula is C18H14Cl2N4O2. The SMILES string of the molecule is COc1ccccc1C(=O)Nc1ccc(Nc2cc(Cl)cc(Cl)c2)nn1. The minimum atomic E-state index is -0.334. The average Bonchev–Trinajstić information content (AvgIpc) is 2.62. The Morgan fingerprint density at radius 1 is 0.962 bits per heavy atom. The molecule has 0 aliphatic carbocycles. The first-order valence-electron chi connectivity index (χ1n) is 7.56. The van der Waals surface area contributed by atoms with Crippen LogP contribution in [0.25, 0.3) is 0 Å². The second-order valence-electron chi connectivity index (χ2n) is 5.24. The number of methoxy groups -OCH3 is 1. The molecule has 1 amide bonds.